The maximum atomic E-state index is 13.8. The fourth-order valence-corrected chi connectivity index (χ4v) is 4.95. The maximum absolute atomic E-state index is 13.8. The van der Waals surface area contributed by atoms with E-state index < -0.39 is 40.7 Å². The number of benzene rings is 1. The van der Waals surface area contributed by atoms with Gasteiger partial charge in [-0.15, -0.1) is 0 Å². The lowest BCUT2D eigenvalue weighted by Gasteiger charge is -2.37. The van der Waals surface area contributed by atoms with E-state index in [4.69, 9.17) is 4.74 Å². The summed E-state index contributed by atoms with van der Waals surface area (Å²) in [5, 5.41) is 0. The SMILES string of the molecule is O=C(C[C@H]1COCCC1N1CCCC1)c1c(C2CC2)cc(C(F)(F)F)cc1C(F)(F)F. The van der Waals surface area contributed by atoms with Crippen LogP contribution in [0.4, 0.5) is 26.3 Å². The molecule has 9 heteroatoms. The smallest absolute Gasteiger partial charge is 0.381 e. The molecule has 2 saturated heterocycles. The molecule has 2 atom stereocenters. The van der Waals surface area contributed by atoms with Crippen LogP contribution in [-0.2, 0) is 17.1 Å². The molecule has 31 heavy (non-hydrogen) atoms. The Morgan fingerprint density at radius 3 is 2.26 bits per heavy atom. The molecule has 172 valence electrons. The zero-order chi connectivity index (χ0) is 22.4. The molecule has 0 aromatic heterocycles. The quantitative estimate of drug-likeness (QED) is 0.428. The van der Waals surface area contributed by atoms with E-state index in [2.05, 4.69) is 4.90 Å². The highest BCUT2D eigenvalue weighted by atomic mass is 19.4. The molecule has 1 aromatic rings. The molecule has 0 N–H and O–H groups in total. The Morgan fingerprint density at radius 1 is 1.00 bits per heavy atom. The number of hydrogen-bond acceptors (Lipinski definition) is 3. The molecule has 0 radical (unpaired) electrons. The van der Waals surface area contributed by atoms with Gasteiger partial charge in [0.25, 0.3) is 0 Å². The highest BCUT2D eigenvalue weighted by molar-refractivity contribution is 5.99. The first-order chi connectivity index (χ1) is 14.6. The van der Waals surface area contributed by atoms with E-state index in [1.165, 1.54) is 0 Å². The summed E-state index contributed by atoms with van der Waals surface area (Å²) in [7, 11) is 0. The number of halogens is 6. The Bertz CT molecular complexity index is 825. The van der Waals surface area contributed by atoms with Gasteiger partial charge in [-0.2, -0.15) is 26.3 Å². The van der Waals surface area contributed by atoms with E-state index in [9.17, 15) is 31.1 Å². The van der Waals surface area contributed by atoms with E-state index in [1.807, 2.05) is 0 Å². The Morgan fingerprint density at radius 2 is 1.68 bits per heavy atom. The molecule has 0 bridgehead atoms. The number of likely N-dealkylation sites (tertiary alicyclic amines) is 1. The molecule has 2 aliphatic heterocycles. The summed E-state index contributed by atoms with van der Waals surface area (Å²) in [4.78, 5) is 15.5. The van der Waals surface area contributed by atoms with Gasteiger partial charge in [0.05, 0.1) is 17.7 Å². The summed E-state index contributed by atoms with van der Waals surface area (Å²) in [5.41, 5.74) is -3.51. The Kier molecular flexibility index (Phi) is 6.11. The number of rotatable bonds is 5. The highest BCUT2D eigenvalue weighted by Crippen LogP contribution is 2.48. The van der Waals surface area contributed by atoms with Gasteiger partial charge in [0.15, 0.2) is 5.78 Å². The second-order valence-electron chi connectivity index (χ2n) is 8.82. The fraction of sp³-hybridized carbons (Fsp3) is 0.682. The van der Waals surface area contributed by atoms with Crippen LogP contribution in [0.3, 0.4) is 0 Å². The molecule has 3 fully saturated rings. The molecule has 0 spiro atoms. The van der Waals surface area contributed by atoms with Gasteiger partial charge in [0, 0.05) is 30.6 Å². The highest BCUT2D eigenvalue weighted by Gasteiger charge is 2.44. The van der Waals surface area contributed by atoms with Gasteiger partial charge in [0.2, 0.25) is 0 Å². The number of carbonyl (C=O) groups is 1. The number of Topliss-reactive ketones (excluding diaryl/α,β-unsaturated/α-hetero) is 1. The zero-order valence-corrected chi connectivity index (χ0v) is 17.0. The number of alkyl halides is 6. The monoisotopic (exact) mass is 449 g/mol. The summed E-state index contributed by atoms with van der Waals surface area (Å²) >= 11 is 0. The van der Waals surface area contributed by atoms with Crippen LogP contribution in [0.5, 0.6) is 0 Å². The summed E-state index contributed by atoms with van der Waals surface area (Å²) in [6, 6.07) is 0.887. The Labute approximate surface area is 176 Å². The van der Waals surface area contributed by atoms with Crippen molar-refractivity contribution in [3.05, 3.63) is 34.4 Å². The van der Waals surface area contributed by atoms with E-state index in [1.54, 1.807) is 0 Å². The zero-order valence-electron chi connectivity index (χ0n) is 17.0. The predicted molar refractivity (Wildman–Crippen MR) is 101 cm³/mol. The summed E-state index contributed by atoms with van der Waals surface area (Å²) in [5.74, 6) is -1.43. The third-order valence-corrected chi connectivity index (χ3v) is 6.59. The second-order valence-corrected chi connectivity index (χ2v) is 8.82. The second kappa shape index (κ2) is 8.39. The lowest BCUT2D eigenvalue weighted by Crippen LogP contribution is -2.45. The van der Waals surface area contributed by atoms with Crippen molar-refractivity contribution in [2.45, 2.75) is 62.8 Å². The molecule has 3 aliphatic rings. The van der Waals surface area contributed by atoms with Crippen LogP contribution in [0.25, 0.3) is 0 Å². The van der Waals surface area contributed by atoms with Crippen molar-refractivity contribution in [2.24, 2.45) is 5.92 Å². The van der Waals surface area contributed by atoms with Crippen molar-refractivity contribution >= 4 is 5.78 Å². The van der Waals surface area contributed by atoms with E-state index in [0.29, 0.717) is 25.9 Å². The normalized spacial score (nSPS) is 25.7. The summed E-state index contributed by atoms with van der Waals surface area (Å²) in [6.45, 7) is 2.58. The van der Waals surface area contributed by atoms with Crippen LogP contribution in [0, 0.1) is 5.92 Å². The van der Waals surface area contributed by atoms with E-state index in [0.717, 1.165) is 32.0 Å². The molecule has 1 saturated carbocycles. The van der Waals surface area contributed by atoms with Crippen molar-refractivity contribution in [3.8, 4) is 0 Å². The van der Waals surface area contributed by atoms with Crippen LogP contribution in [0.1, 0.15) is 71.5 Å². The van der Waals surface area contributed by atoms with Gasteiger partial charge in [-0.05, 0) is 68.8 Å². The Balaban J connectivity index is 1.69. The average Bonchev–Trinajstić information content (AvgIpc) is 3.40. The van der Waals surface area contributed by atoms with Crippen LogP contribution in [-0.4, -0.2) is 43.0 Å². The number of carbonyl (C=O) groups excluding carboxylic acids is 1. The molecule has 1 aromatic carbocycles. The van der Waals surface area contributed by atoms with Gasteiger partial charge in [-0.3, -0.25) is 9.69 Å². The fourth-order valence-electron chi connectivity index (χ4n) is 4.95. The van der Waals surface area contributed by atoms with Crippen LogP contribution >= 0.6 is 0 Å². The lowest BCUT2D eigenvalue weighted by molar-refractivity contribution is -0.143. The standard InChI is InChI=1S/C22H25F6NO2/c23-21(24,25)15-10-16(13-3-4-13)20(17(11-15)22(26,27)28)19(30)9-14-12-31-8-5-18(14)29-6-1-2-7-29/h10-11,13-14,18H,1-9,12H2/t14-,18?/m0/s1. The number of nitrogens with zero attached hydrogens (tertiary/aromatic N) is 1. The van der Waals surface area contributed by atoms with Gasteiger partial charge < -0.3 is 4.74 Å². The molecule has 1 aliphatic carbocycles. The third-order valence-electron chi connectivity index (χ3n) is 6.59. The molecular weight excluding hydrogens is 424 g/mol. The van der Waals surface area contributed by atoms with Crippen molar-refractivity contribution < 1.29 is 35.9 Å². The van der Waals surface area contributed by atoms with E-state index in [-0.39, 0.29) is 36.6 Å². The Hall–Kier alpha value is -1.61. The molecule has 4 rings (SSSR count). The molecule has 2 heterocycles. The van der Waals surface area contributed by atoms with Crippen molar-refractivity contribution in [2.75, 3.05) is 26.3 Å². The van der Waals surface area contributed by atoms with Gasteiger partial charge >= 0.3 is 12.4 Å². The van der Waals surface area contributed by atoms with Gasteiger partial charge in [0.1, 0.15) is 0 Å². The average molecular weight is 449 g/mol. The summed E-state index contributed by atoms with van der Waals surface area (Å²) in [6.07, 6.45) is -6.36. The van der Waals surface area contributed by atoms with Crippen LogP contribution in [0.2, 0.25) is 0 Å². The molecular formula is C22H25F6NO2. The van der Waals surface area contributed by atoms with Crippen LogP contribution in [0.15, 0.2) is 12.1 Å². The largest absolute Gasteiger partial charge is 0.417 e. The van der Waals surface area contributed by atoms with Crippen molar-refractivity contribution in [1.29, 1.82) is 0 Å². The van der Waals surface area contributed by atoms with E-state index >= 15 is 0 Å². The topological polar surface area (TPSA) is 29.5 Å². The van der Waals surface area contributed by atoms with Crippen molar-refractivity contribution in [1.82, 2.24) is 4.90 Å². The predicted octanol–water partition coefficient (Wildman–Crippen LogP) is 5.68. The first-order valence-corrected chi connectivity index (χ1v) is 10.7. The first kappa shape index (κ1) is 22.6. The van der Waals surface area contributed by atoms with Crippen LogP contribution < -0.4 is 0 Å². The first-order valence-electron chi connectivity index (χ1n) is 10.7. The minimum absolute atomic E-state index is 0.0494. The minimum atomic E-state index is -5.05. The number of ether oxygens (including phenoxy) is 1. The third kappa shape index (κ3) is 4.92. The molecule has 1 unspecified atom stereocenters. The molecule has 0 amide bonds. The number of ketones is 1. The van der Waals surface area contributed by atoms with Gasteiger partial charge in [-0.25, -0.2) is 0 Å². The van der Waals surface area contributed by atoms with Crippen molar-refractivity contribution in [3.63, 3.8) is 0 Å². The number of hydrogen-bond donors (Lipinski definition) is 0. The maximum Gasteiger partial charge on any atom is 0.417 e. The lowest BCUT2D eigenvalue weighted by atomic mass is 9.84. The minimum Gasteiger partial charge on any atom is -0.381 e. The summed E-state index contributed by atoms with van der Waals surface area (Å²) < 4.78 is 86.7. The molecule has 3 nitrogen and oxygen atoms in total. The van der Waals surface area contributed by atoms with Gasteiger partial charge in [-0.1, -0.05) is 0 Å².